The van der Waals surface area contributed by atoms with Crippen LogP contribution in [0.1, 0.15) is 47.1 Å². The van der Waals surface area contributed by atoms with Gasteiger partial charge in [0.2, 0.25) is 0 Å². The Bertz CT molecular complexity index is 331. The van der Waals surface area contributed by atoms with Crippen LogP contribution in [0.4, 0.5) is 0 Å². The zero-order valence-electron chi connectivity index (χ0n) is 12.4. The molecule has 17 heavy (non-hydrogen) atoms. The van der Waals surface area contributed by atoms with E-state index in [4.69, 9.17) is 0 Å². The molecule has 0 atom stereocenters. The van der Waals surface area contributed by atoms with Crippen LogP contribution in [0.5, 0.6) is 0 Å². The minimum atomic E-state index is -1.72. The van der Waals surface area contributed by atoms with E-state index in [-0.39, 0.29) is 5.41 Å². The molecule has 1 heteroatoms. The van der Waals surface area contributed by atoms with Crippen molar-refractivity contribution in [2.24, 2.45) is 0 Å². The van der Waals surface area contributed by atoms with Crippen LogP contribution in [0.2, 0.25) is 15.8 Å². The third-order valence-corrected chi connectivity index (χ3v) is 16.2. The van der Waals surface area contributed by atoms with E-state index in [9.17, 15) is 0 Å². The van der Waals surface area contributed by atoms with Crippen molar-refractivity contribution in [1.82, 2.24) is 0 Å². The van der Waals surface area contributed by atoms with Crippen molar-refractivity contribution in [2.75, 3.05) is 0 Å². The van der Waals surface area contributed by atoms with E-state index in [1.54, 1.807) is 4.40 Å². The van der Waals surface area contributed by atoms with E-state index >= 15 is 0 Å². The van der Waals surface area contributed by atoms with Gasteiger partial charge in [-0.3, -0.25) is 0 Å². The van der Waals surface area contributed by atoms with Gasteiger partial charge in [0, 0.05) is 0 Å². The molecule has 0 saturated heterocycles. The zero-order valence-corrected chi connectivity index (χ0v) is 14.5. The first-order valence-corrected chi connectivity index (χ1v) is 12.5. The molecule has 0 aromatic heterocycles. The molecule has 0 N–H and O–H groups in total. The summed E-state index contributed by atoms with van der Waals surface area (Å²) in [6.07, 6.45) is 0. The summed E-state index contributed by atoms with van der Waals surface area (Å²) < 4.78 is 1.70. The maximum atomic E-state index is 2.43. The second-order valence-corrected chi connectivity index (χ2v) is 17.2. The van der Waals surface area contributed by atoms with Crippen molar-refractivity contribution in [3.05, 3.63) is 29.8 Å². The van der Waals surface area contributed by atoms with Gasteiger partial charge in [-0.2, -0.15) is 0 Å². The van der Waals surface area contributed by atoms with Gasteiger partial charge in [-0.15, -0.1) is 0 Å². The Morgan fingerprint density at radius 1 is 0.824 bits per heavy atom. The quantitative estimate of drug-likeness (QED) is 0.706. The van der Waals surface area contributed by atoms with E-state index < -0.39 is 13.3 Å². The fourth-order valence-corrected chi connectivity index (χ4v) is 10.2. The molecule has 0 aliphatic heterocycles. The Kier molecular flexibility index (Phi) is 4.88. The summed E-state index contributed by atoms with van der Waals surface area (Å²) in [5.41, 5.74) is 1.74. The maximum absolute atomic E-state index is 2.43. The van der Waals surface area contributed by atoms with Crippen molar-refractivity contribution < 1.29 is 0 Å². The molecule has 0 aliphatic rings. The van der Waals surface area contributed by atoms with Crippen molar-refractivity contribution >= 4 is 17.7 Å². The molecule has 0 aliphatic carbocycles. The molecule has 0 fully saturated rings. The summed E-state index contributed by atoms with van der Waals surface area (Å²) in [5, 5.41) is 4.26. The van der Waals surface area contributed by atoms with Gasteiger partial charge in [0.25, 0.3) is 0 Å². The van der Waals surface area contributed by atoms with Gasteiger partial charge in [-0.1, -0.05) is 0 Å². The van der Waals surface area contributed by atoms with Gasteiger partial charge in [-0.25, -0.2) is 0 Å². The molecule has 0 unspecified atom stereocenters. The third kappa shape index (κ3) is 3.15. The van der Waals surface area contributed by atoms with Gasteiger partial charge in [0.05, 0.1) is 0 Å². The second-order valence-electron chi connectivity index (χ2n) is 6.17. The van der Waals surface area contributed by atoms with Crippen molar-refractivity contribution in [3.8, 4) is 0 Å². The normalized spacial score (nSPS) is 12.8. The molecule has 0 spiro atoms. The fourth-order valence-electron chi connectivity index (χ4n) is 2.69. The second kappa shape index (κ2) is 5.60. The first-order valence-electron chi connectivity index (χ1n) is 7.00. The summed E-state index contributed by atoms with van der Waals surface area (Å²) >= 11 is -1.72. The number of hydrogen-bond donors (Lipinski definition) is 0. The molecule has 0 radical (unpaired) electrons. The molecule has 0 bridgehead atoms. The van der Waals surface area contributed by atoms with Crippen LogP contribution in [0.3, 0.4) is 0 Å². The number of hydrogen-bond acceptors (Lipinski definition) is 0. The van der Waals surface area contributed by atoms with E-state index in [1.807, 2.05) is 0 Å². The summed E-state index contributed by atoms with van der Waals surface area (Å²) in [7, 11) is 0. The SMILES string of the molecule is C[CH2][Ge]([CH2]C)([CH2]C)[c]1ccc(C(C)(C)C)cc1. The topological polar surface area (TPSA) is 0 Å². The average molecular weight is 293 g/mol. The predicted molar refractivity (Wildman–Crippen MR) is 82.0 cm³/mol. The molecule has 1 aromatic rings. The van der Waals surface area contributed by atoms with Gasteiger partial charge >= 0.3 is 110 Å². The minimum absolute atomic E-state index is 0.277. The first-order chi connectivity index (χ1) is 7.89. The van der Waals surface area contributed by atoms with Crippen molar-refractivity contribution in [2.45, 2.75) is 62.7 Å². The van der Waals surface area contributed by atoms with Gasteiger partial charge < -0.3 is 0 Å². The van der Waals surface area contributed by atoms with E-state index in [0.29, 0.717) is 0 Å². The van der Waals surface area contributed by atoms with Crippen molar-refractivity contribution in [3.63, 3.8) is 0 Å². The number of benzene rings is 1. The average Bonchev–Trinajstić information content (AvgIpc) is 2.32. The van der Waals surface area contributed by atoms with Gasteiger partial charge in [-0.05, 0) is 0 Å². The standard InChI is InChI=1S/C16H28Ge/c1-7-17(8-2,9-3)15-12-10-14(11-13-15)16(4,5)6/h10-13H,7-9H2,1-6H3. The molecule has 0 nitrogen and oxygen atoms in total. The molecule has 0 saturated carbocycles. The Hall–Kier alpha value is -0.237. The fraction of sp³-hybridized carbons (Fsp3) is 0.625. The predicted octanol–water partition coefficient (Wildman–Crippen LogP) is 4.70. The molecule has 0 amide bonds. The Balaban J connectivity index is 3.09. The van der Waals surface area contributed by atoms with Gasteiger partial charge in [0.1, 0.15) is 0 Å². The zero-order chi connectivity index (χ0) is 13.1. The molecule has 1 aromatic carbocycles. The van der Waals surface area contributed by atoms with Crippen LogP contribution in [-0.4, -0.2) is 13.3 Å². The Morgan fingerprint density at radius 3 is 1.53 bits per heavy atom. The molecular weight excluding hydrogens is 265 g/mol. The van der Waals surface area contributed by atoms with Crippen molar-refractivity contribution in [1.29, 1.82) is 0 Å². The van der Waals surface area contributed by atoms with Crippen LogP contribution < -0.4 is 4.40 Å². The molecular formula is C16H28Ge. The van der Waals surface area contributed by atoms with Crippen LogP contribution in [0.25, 0.3) is 0 Å². The van der Waals surface area contributed by atoms with E-state index in [0.717, 1.165) is 0 Å². The molecule has 96 valence electrons. The van der Waals surface area contributed by atoms with Crippen LogP contribution in [0.15, 0.2) is 24.3 Å². The van der Waals surface area contributed by atoms with Crippen LogP contribution in [-0.2, 0) is 5.41 Å². The Morgan fingerprint density at radius 2 is 1.24 bits per heavy atom. The third-order valence-electron chi connectivity index (χ3n) is 4.39. The summed E-state index contributed by atoms with van der Waals surface area (Å²) in [6, 6.07) is 9.57. The van der Waals surface area contributed by atoms with Gasteiger partial charge in [0.15, 0.2) is 0 Å². The summed E-state index contributed by atoms with van der Waals surface area (Å²) in [6.45, 7) is 14.0. The Labute approximate surface area is 110 Å². The molecule has 1 rings (SSSR count). The number of rotatable bonds is 4. The molecule has 0 heterocycles. The summed E-state index contributed by atoms with van der Waals surface area (Å²) in [4.78, 5) is 0. The monoisotopic (exact) mass is 294 g/mol. The van der Waals surface area contributed by atoms with Crippen LogP contribution in [0, 0.1) is 0 Å². The van der Waals surface area contributed by atoms with E-state index in [1.165, 1.54) is 21.3 Å². The van der Waals surface area contributed by atoms with Crippen LogP contribution >= 0.6 is 0 Å². The van der Waals surface area contributed by atoms with E-state index in [2.05, 4.69) is 65.8 Å². The first kappa shape index (κ1) is 14.8. The summed E-state index contributed by atoms with van der Waals surface area (Å²) in [5.74, 6) is 0.